The van der Waals surface area contributed by atoms with E-state index in [0.29, 0.717) is 5.54 Å². The molecule has 0 radical (unpaired) electrons. The van der Waals surface area contributed by atoms with Gasteiger partial charge in [-0.05, 0) is 48.7 Å². The number of carbonyl (C=O) groups excluding carboxylic acids is 2. The number of nitrogens with one attached hydrogen (secondary N) is 2. The van der Waals surface area contributed by atoms with Gasteiger partial charge < -0.3 is 29.5 Å². The van der Waals surface area contributed by atoms with E-state index in [9.17, 15) is 4.79 Å². The molecule has 2 aliphatic heterocycles. The van der Waals surface area contributed by atoms with E-state index in [0.717, 1.165) is 44.3 Å². The third kappa shape index (κ3) is 14.5. The highest BCUT2D eigenvalue weighted by Crippen LogP contribution is 2.14. The molecule has 0 atom stereocenters. The van der Waals surface area contributed by atoms with Crippen LogP contribution in [-0.2, 0) is 4.79 Å². The van der Waals surface area contributed by atoms with Crippen molar-refractivity contribution in [3.8, 4) is 0 Å². The summed E-state index contributed by atoms with van der Waals surface area (Å²) >= 11 is 0. The molecule has 0 aromatic rings. The van der Waals surface area contributed by atoms with Crippen molar-refractivity contribution in [3.63, 3.8) is 0 Å². The number of aliphatic carboxylic acids is 1. The van der Waals surface area contributed by atoms with Crippen molar-refractivity contribution in [2.45, 2.75) is 45.7 Å². The van der Waals surface area contributed by atoms with Crippen molar-refractivity contribution in [2.75, 3.05) is 81.2 Å². The van der Waals surface area contributed by atoms with Crippen LogP contribution in [0.5, 0.6) is 0 Å². The lowest BCUT2D eigenvalue weighted by molar-refractivity contribution is -0.869. The Morgan fingerprint density at radius 3 is 1.97 bits per heavy atom. The van der Waals surface area contributed by atoms with Crippen LogP contribution in [0.3, 0.4) is 0 Å². The Balaban J connectivity index is 0.000000481. The average molecular weight is 431 g/mol. The Labute approximate surface area is 184 Å². The van der Waals surface area contributed by atoms with Crippen LogP contribution >= 0.6 is 0 Å². The zero-order chi connectivity index (χ0) is 23.8. The summed E-state index contributed by atoms with van der Waals surface area (Å²) < 4.78 is 0.893. The minimum atomic E-state index is -1.08. The fraction of sp³-hybridized carbons (Fsp3) is 0.905. The van der Waals surface area contributed by atoms with Crippen molar-refractivity contribution >= 4 is 12.0 Å². The largest absolute Gasteiger partial charge is 0.550 e. The Kier molecular flexibility index (Phi) is 11.3. The summed E-state index contributed by atoms with van der Waals surface area (Å²) in [7, 11) is 10.7. The second kappa shape index (κ2) is 11.8. The van der Waals surface area contributed by atoms with E-state index in [4.69, 9.17) is 9.90 Å². The Hall–Kier alpha value is -1.42. The number of likely N-dealkylation sites (N-methyl/N-ethyl adjacent to an activating group) is 2. The van der Waals surface area contributed by atoms with Gasteiger partial charge in [0, 0.05) is 44.4 Å². The first-order valence-corrected chi connectivity index (χ1v) is 10.6. The molecule has 0 aliphatic carbocycles. The predicted octanol–water partition coefficient (Wildman–Crippen LogP) is -0.558. The Morgan fingerprint density at radius 2 is 1.63 bits per heavy atom. The third-order valence-electron chi connectivity index (χ3n) is 4.62. The summed E-state index contributed by atoms with van der Waals surface area (Å²) in [5.74, 6) is -1.08. The maximum atomic E-state index is 11.5. The highest BCUT2D eigenvalue weighted by Gasteiger charge is 2.35. The SMILES string of the molecule is CC(=O)[O-].CC1(C)CN(CC[N+](C)(C)C)C(=O)N1.CN(C)CCN1CNC(C)(C)C1. The normalized spacial score (nSPS) is 20.2. The van der Waals surface area contributed by atoms with Gasteiger partial charge in [-0.25, -0.2) is 4.79 Å². The van der Waals surface area contributed by atoms with E-state index in [-0.39, 0.29) is 11.6 Å². The van der Waals surface area contributed by atoms with E-state index in [2.05, 4.69) is 83.4 Å². The van der Waals surface area contributed by atoms with Crippen LogP contribution < -0.4 is 15.7 Å². The van der Waals surface area contributed by atoms with Gasteiger partial charge in [0.1, 0.15) is 0 Å². The summed E-state index contributed by atoms with van der Waals surface area (Å²) in [6.07, 6.45) is 0. The number of carbonyl (C=O) groups is 2. The standard InChI is InChI=1S/C10H21N3O.C9H21N3.C2H4O2/c1-10(2)8-12(9(14)11-10)6-7-13(3,4)5;1-9(2)7-12(8-10-9)6-5-11(3)4;1-2(3)4/h6-8H2,1-5H3;10H,5-8H2,1-4H3;1H3,(H,3,4). The first kappa shape index (κ1) is 28.6. The molecule has 0 unspecified atom stereocenters. The zero-order valence-corrected chi connectivity index (χ0v) is 21.0. The van der Waals surface area contributed by atoms with Crippen molar-refractivity contribution in [1.29, 1.82) is 0 Å². The molecule has 2 heterocycles. The van der Waals surface area contributed by atoms with Gasteiger partial charge in [-0.2, -0.15) is 0 Å². The Bertz CT molecular complexity index is 539. The van der Waals surface area contributed by atoms with E-state index in [1.807, 2.05) is 4.90 Å². The van der Waals surface area contributed by atoms with Crippen LogP contribution in [0.4, 0.5) is 4.79 Å². The molecule has 9 heteroatoms. The second-order valence-electron chi connectivity index (χ2n) is 10.8. The second-order valence-corrected chi connectivity index (χ2v) is 10.8. The number of carboxylic acids is 1. The predicted molar refractivity (Wildman–Crippen MR) is 120 cm³/mol. The van der Waals surface area contributed by atoms with Gasteiger partial charge in [-0.3, -0.25) is 10.2 Å². The van der Waals surface area contributed by atoms with Gasteiger partial charge in [-0.15, -0.1) is 0 Å². The van der Waals surface area contributed by atoms with Crippen LogP contribution in [-0.4, -0.2) is 123 Å². The van der Waals surface area contributed by atoms with Gasteiger partial charge >= 0.3 is 6.03 Å². The molecular weight excluding hydrogens is 384 g/mol. The average Bonchev–Trinajstić information content (AvgIpc) is 3.00. The molecule has 0 aromatic carbocycles. The van der Waals surface area contributed by atoms with Gasteiger partial charge in [-0.1, -0.05) is 0 Å². The molecule has 2 N–H and O–H groups in total. The summed E-state index contributed by atoms with van der Waals surface area (Å²) in [6, 6.07) is 0.0726. The molecule has 0 spiro atoms. The van der Waals surface area contributed by atoms with Gasteiger partial charge in [0.15, 0.2) is 0 Å². The molecular formula is C21H46N6O3. The van der Waals surface area contributed by atoms with E-state index < -0.39 is 5.97 Å². The summed E-state index contributed by atoms with van der Waals surface area (Å²) in [5.41, 5.74) is 0.244. The molecule has 0 bridgehead atoms. The molecule has 2 fully saturated rings. The molecule has 9 nitrogen and oxygen atoms in total. The number of hydrogen-bond donors (Lipinski definition) is 2. The first-order chi connectivity index (χ1) is 13.4. The maximum Gasteiger partial charge on any atom is 0.318 e. The van der Waals surface area contributed by atoms with Crippen LogP contribution in [0.1, 0.15) is 34.6 Å². The molecule has 2 amide bonds. The van der Waals surface area contributed by atoms with Crippen molar-refractivity contribution in [3.05, 3.63) is 0 Å². The van der Waals surface area contributed by atoms with Crippen molar-refractivity contribution in [2.24, 2.45) is 0 Å². The van der Waals surface area contributed by atoms with Crippen LogP contribution in [0.15, 0.2) is 0 Å². The fourth-order valence-electron chi connectivity index (χ4n) is 3.05. The smallest absolute Gasteiger partial charge is 0.318 e. The van der Waals surface area contributed by atoms with Gasteiger partial charge in [0.25, 0.3) is 0 Å². The first-order valence-electron chi connectivity index (χ1n) is 10.6. The van der Waals surface area contributed by atoms with E-state index in [1.165, 1.54) is 13.1 Å². The Morgan fingerprint density at radius 1 is 1.10 bits per heavy atom. The number of hydrogen-bond acceptors (Lipinski definition) is 6. The van der Waals surface area contributed by atoms with E-state index >= 15 is 0 Å². The monoisotopic (exact) mass is 430 g/mol. The van der Waals surface area contributed by atoms with Crippen molar-refractivity contribution in [1.82, 2.24) is 25.3 Å². The van der Waals surface area contributed by atoms with Gasteiger partial charge in [0.05, 0.1) is 39.8 Å². The minimum absolute atomic E-state index is 0.0675. The molecule has 0 aromatic heterocycles. The lowest BCUT2D eigenvalue weighted by Crippen LogP contribution is -2.43. The number of amides is 2. The molecule has 2 aliphatic rings. The molecule has 2 saturated heterocycles. The van der Waals surface area contributed by atoms with Crippen LogP contribution in [0, 0.1) is 0 Å². The van der Waals surface area contributed by atoms with Crippen LogP contribution in [0.25, 0.3) is 0 Å². The fourth-order valence-corrected chi connectivity index (χ4v) is 3.05. The highest BCUT2D eigenvalue weighted by atomic mass is 16.4. The maximum absolute atomic E-state index is 11.5. The topological polar surface area (TPSA) is 91.0 Å². The number of quaternary nitrogens is 1. The quantitative estimate of drug-likeness (QED) is 0.549. The number of nitrogens with zero attached hydrogens (tertiary/aromatic N) is 4. The van der Waals surface area contributed by atoms with Crippen LogP contribution in [0.2, 0.25) is 0 Å². The summed E-state index contributed by atoms with van der Waals surface area (Å²) in [5, 5.41) is 15.3. The van der Waals surface area contributed by atoms with Gasteiger partial charge in [0.2, 0.25) is 0 Å². The summed E-state index contributed by atoms with van der Waals surface area (Å²) in [6.45, 7) is 16.7. The number of carboxylic acid groups (broad SMARTS) is 1. The third-order valence-corrected chi connectivity index (χ3v) is 4.62. The lowest BCUT2D eigenvalue weighted by Gasteiger charge is -2.26. The highest BCUT2D eigenvalue weighted by molar-refractivity contribution is 5.77. The zero-order valence-electron chi connectivity index (χ0n) is 21.0. The number of rotatable bonds is 6. The van der Waals surface area contributed by atoms with E-state index in [1.54, 1.807) is 0 Å². The number of urea groups is 1. The lowest BCUT2D eigenvalue weighted by atomic mass is 10.1. The van der Waals surface area contributed by atoms with Crippen molar-refractivity contribution < 1.29 is 19.2 Å². The molecule has 0 saturated carbocycles. The molecule has 2 rings (SSSR count). The summed E-state index contributed by atoms with van der Waals surface area (Å²) in [4.78, 5) is 27.0. The molecule has 30 heavy (non-hydrogen) atoms. The molecule has 178 valence electrons. The minimum Gasteiger partial charge on any atom is -0.550 e.